The summed E-state index contributed by atoms with van der Waals surface area (Å²) in [6, 6.07) is -0.919. The quantitative estimate of drug-likeness (QED) is 0.278. The molecule has 0 saturated heterocycles. The molecule has 0 rings (SSSR count). The second kappa shape index (κ2) is 13.5. The average molecular weight is 316 g/mol. The fourth-order valence-electron chi connectivity index (χ4n) is 2.22. The lowest BCUT2D eigenvalue weighted by atomic mass is 10.1. The first kappa shape index (κ1) is 20.8. The molecular weight excluding hydrogens is 284 g/mol. The first-order valence-corrected chi connectivity index (χ1v) is 8.12. The molecule has 0 radical (unpaired) electrons. The Labute approximate surface area is 133 Å². The van der Waals surface area contributed by atoms with E-state index in [9.17, 15) is 9.59 Å². The van der Waals surface area contributed by atoms with Gasteiger partial charge in [-0.15, -0.1) is 0 Å². The summed E-state index contributed by atoms with van der Waals surface area (Å²) in [5.74, 6) is -0.579. The Hall–Kier alpha value is -1.18. The normalized spacial score (nSPS) is 13.5. The Bertz CT molecular complexity index is 313. The van der Waals surface area contributed by atoms with Crippen molar-refractivity contribution in [2.45, 2.75) is 57.5 Å². The highest BCUT2D eigenvalue weighted by Gasteiger charge is 2.25. The number of carbonyl (C=O) groups is 2. The largest absolute Gasteiger partial charge is 0.467 e. The number of amides is 1. The predicted molar refractivity (Wildman–Crippen MR) is 87.2 cm³/mol. The van der Waals surface area contributed by atoms with Crippen molar-refractivity contribution in [3.8, 4) is 0 Å². The van der Waals surface area contributed by atoms with E-state index in [0.29, 0.717) is 32.5 Å². The van der Waals surface area contributed by atoms with Crippen molar-refractivity contribution in [2.24, 2.45) is 11.5 Å². The van der Waals surface area contributed by atoms with Crippen LogP contribution in [0.5, 0.6) is 0 Å². The molecule has 0 bridgehead atoms. The van der Waals surface area contributed by atoms with E-state index in [1.54, 1.807) is 0 Å². The monoisotopic (exact) mass is 316 g/mol. The Morgan fingerprint density at radius 2 is 1.55 bits per heavy atom. The minimum absolute atomic E-state index is 0.165. The molecule has 7 nitrogen and oxygen atoms in total. The van der Waals surface area contributed by atoms with Crippen LogP contribution in [0, 0.1) is 0 Å². The number of methoxy groups -OCH3 is 1. The zero-order valence-electron chi connectivity index (χ0n) is 13.9. The number of nitrogens with two attached hydrogens (primary N) is 2. The van der Waals surface area contributed by atoms with Crippen LogP contribution in [0.15, 0.2) is 0 Å². The van der Waals surface area contributed by atoms with Crippen LogP contribution in [0.2, 0.25) is 0 Å². The van der Waals surface area contributed by atoms with Gasteiger partial charge in [-0.05, 0) is 51.7 Å². The molecule has 1 amide bonds. The van der Waals surface area contributed by atoms with Gasteiger partial charge in [-0.3, -0.25) is 4.79 Å². The van der Waals surface area contributed by atoms with Crippen molar-refractivity contribution < 1.29 is 14.3 Å². The van der Waals surface area contributed by atoms with Crippen LogP contribution in [-0.2, 0) is 14.3 Å². The molecule has 2 unspecified atom stereocenters. The minimum atomic E-state index is -0.611. The summed E-state index contributed by atoms with van der Waals surface area (Å²) in [5.41, 5.74) is 10.9. The van der Waals surface area contributed by atoms with Gasteiger partial charge in [-0.1, -0.05) is 13.3 Å². The molecule has 130 valence electrons. The second-order valence-corrected chi connectivity index (χ2v) is 5.26. The molecule has 22 heavy (non-hydrogen) atoms. The molecule has 0 fully saturated rings. The number of hydrogen-bond donors (Lipinski definition) is 4. The third kappa shape index (κ3) is 8.96. The van der Waals surface area contributed by atoms with Gasteiger partial charge < -0.3 is 26.8 Å². The van der Waals surface area contributed by atoms with E-state index >= 15 is 0 Å². The number of hydrogen-bond acceptors (Lipinski definition) is 6. The highest BCUT2D eigenvalue weighted by molar-refractivity contribution is 5.87. The van der Waals surface area contributed by atoms with E-state index < -0.39 is 12.0 Å². The van der Waals surface area contributed by atoms with E-state index in [1.807, 2.05) is 6.92 Å². The van der Waals surface area contributed by atoms with Crippen LogP contribution in [0.1, 0.15) is 45.4 Å². The van der Waals surface area contributed by atoms with Crippen molar-refractivity contribution in [3.63, 3.8) is 0 Å². The number of likely N-dealkylation sites (N-methyl/N-ethyl adjacent to an activating group) is 1. The van der Waals surface area contributed by atoms with Gasteiger partial charge in [-0.25, -0.2) is 4.79 Å². The van der Waals surface area contributed by atoms with E-state index in [2.05, 4.69) is 10.6 Å². The molecular formula is C15H32N4O3. The lowest BCUT2D eigenvalue weighted by molar-refractivity contribution is -0.145. The molecule has 0 aromatic heterocycles. The van der Waals surface area contributed by atoms with Crippen molar-refractivity contribution in [2.75, 3.05) is 26.7 Å². The molecule has 0 aliphatic rings. The van der Waals surface area contributed by atoms with Gasteiger partial charge in [-0.2, -0.15) is 0 Å². The fraction of sp³-hybridized carbons (Fsp3) is 0.867. The highest BCUT2D eigenvalue weighted by atomic mass is 16.5. The second-order valence-electron chi connectivity index (χ2n) is 5.26. The van der Waals surface area contributed by atoms with Crippen molar-refractivity contribution >= 4 is 11.9 Å². The summed E-state index contributed by atoms with van der Waals surface area (Å²) in [4.78, 5) is 24.1. The summed E-state index contributed by atoms with van der Waals surface area (Å²) in [5, 5.41) is 5.94. The van der Waals surface area contributed by atoms with Gasteiger partial charge in [0.15, 0.2) is 0 Å². The summed E-state index contributed by atoms with van der Waals surface area (Å²) in [6.45, 7) is 3.82. The third-order valence-electron chi connectivity index (χ3n) is 3.46. The topological polar surface area (TPSA) is 119 Å². The molecule has 0 saturated carbocycles. The zero-order valence-corrected chi connectivity index (χ0v) is 13.9. The van der Waals surface area contributed by atoms with Crippen LogP contribution in [-0.4, -0.2) is 50.7 Å². The fourth-order valence-corrected chi connectivity index (χ4v) is 2.22. The number of rotatable bonds is 13. The van der Waals surface area contributed by atoms with Crippen molar-refractivity contribution in [3.05, 3.63) is 0 Å². The smallest absolute Gasteiger partial charge is 0.328 e. The summed E-state index contributed by atoms with van der Waals surface area (Å²) in [7, 11) is 1.33. The standard InChI is InChI=1S/C15H32N4O3/c1-3-18-12(8-4-6-10-16)14(20)19-13(15(21)22-2)9-5-7-11-17/h12-13,18H,3-11,16-17H2,1-2H3,(H,19,20). The third-order valence-corrected chi connectivity index (χ3v) is 3.46. The SMILES string of the molecule is CCNC(CCCCN)C(=O)NC(CCCCN)C(=O)OC. The van der Waals surface area contributed by atoms with Crippen LogP contribution < -0.4 is 22.1 Å². The molecule has 0 aliphatic heterocycles. The van der Waals surface area contributed by atoms with Crippen LogP contribution in [0.25, 0.3) is 0 Å². The first-order chi connectivity index (χ1) is 10.6. The number of unbranched alkanes of at least 4 members (excludes halogenated alkanes) is 2. The van der Waals surface area contributed by atoms with Crippen LogP contribution in [0.3, 0.4) is 0 Å². The maximum Gasteiger partial charge on any atom is 0.328 e. The number of esters is 1. The minimum Gasteiger partial charge on any atom is -0.467 e. The van der Waals surface area contributed by atoms with Crippen molar-refractivity contribution in [1.82, 2.24) is 10.6 Å². The lowest BCUT2D eigenvalue weighted by Crippen LogP contribution is -2.50. The first-order valence-electron chi connectivity index (χ1n) is 8.12. The van der Waals surface area contributed by atoms with Gasteiger partial charge in [0.25, 0.3) is 0 Å². The van der Waals surface area contributed by atoms with Gasteiger partial charge in [0.2, 0.25) is 5.91 Å². The Kier molecular flexibility index (Phi) is 12.8. The average Bonchev–Trinajstić information content (AvgIpc) is 2.52. The summed E-state index contributed by atoms with van der Waals surface area (Å²) < 4.78 is 4.76. The Morgan fingerprint density at radius 1 is 1.00 bits per heavy atom. The number of nitrogens with one attached hydrogen (secondary N) is 2. The lowest BCUT2D eigenvalue weighted by Gasteiger charge is -2.22. The summed E-state index contributed by atoms with van der Waals surface area (Å²) in [6.07, 6.45) is 4.58. The molecule has 0 aliphatic carbocycles. The maximum absolute atomic E-state index is 12.4. The zero-order chi connectivity index (χ0) is 16.8. The van der Waals surface area contributed by atoms with Crippen LogP contribution in [0.4, 0.5) is 0 Å². The molecule has 0 aromatic carbocycles. The molecule has 0 spiro atoms. The predicted octanol–water partition coefficient (Wildman–Crippen LogP) is -0.120. The molecule has 2 atom stereocenters. The molecule has 0 aromatic rings. The van der Waals surface area contributed by atoms with E-state index in [0.717, 1.165) is 25.7 Å². The van der Waals surface area contributed by atoms with Gasteiger partial charge in [0.05, 0.1) is 13.2 Å². The van der Waals surface area contributed by atoms with Gasteiger partial charge in [0.1, 0.15) is 6.04 Å². The van der Waals surface area contributed by atoms with E-state index in [-0.39, 0.29) is 11.9 Å². The van der Waals surface area contributed by atoms with Gasteiger partial charge in [0, 0.05) is 0 Å². The molecule has 6 N–H and O–H groups in total. The Morgan fingerprint density at radius 3 is 2.00 bits per heavy atom. The van der Waals surface area contributed by atoms with Crippen molar-refractivity contribution in [1.29, 1.82) is 0 Å². The van der Waals surface area contributed by atoms with Crippen LogP contribution >= 0.6 is 0 Å². The number of carbonyl (C=O) groups excluding carboxylic acids is 2. The molecule has 7 heteroatoms. The van der Waals surface area contributed by atoms with Gasteiger partial charge >= 0.3 is 5.97 Å². The number of ether oxygens (including phenoxy) is 1. The van der Waals surface area contributed by atoms with E-state index in [4.69, 9.17) is 16.2 Å². The highest BCUT2D eigenvalue weighted by Crippen LogP contribution is 2.05. The molecule has 0 heterocycles. The maximum atomic E-state index is 12.4. The Balaban J connectivity index is 4.54. The van der Waals surface area contributed by atoms with E-state index in [1.165, 1.54) is 7.11 Å². The summed E-state index contributed by atoms with van der Waals surface area (Å²) >= 11 is 0.